The Kier molecular flexibility index (Phi) is 5.97. The van der Waals surface area contributed by atoms with Crippen LogP contribution in [0.25, 0.3) is 34.4 Å². The average molecular weight is 456 g/mol. The Morgan fingerprint density at radius 1 is 1.09 bits per heavy atom. The van der Waals surface area contributed by atoms with Gasteiger partial charge in [-0.1, -0.05) is 18.2 Å². The largest absolute Gasteiger partial charge is 0.508 e. The number of pyridine rings is 1. The van der Waals surface area contributed by atoms with Crippen molar-refractivity contribution in [1.82, 2.24) is 25.4 Å². The van der Waals surface area contributed by atoms with Crippen LogP contribution >= 0.6 is 0 Å². The molecule has 0 aliphatic carbocycles. The van der Waals surface area contributed by atoms with E-state index in [2.05, 4.69) is 15.5 Å². The summed E-state index contributed by atoms with van der Waals surface area (Å²) in [6, 6.07) is 16.3. The Bertz CT molecular complexity index is 1350. The first-order chi connectivity index (χ1) is 16.6. The van der Waals surface area contributed by atoms with Crippen LogP contribution in [-0.4, -0.2) is 64.4 Å². The summed E-state index contributed by atoms with van der Waals surface area (Å²) < 4.78 is 5.31. The third-order valence-corrected chi connectivity index (χ3v) is 5.88. The summed E-state index contributed by atoms with van der Waals surface area (Å²) in [5.74, 6) is 0.892. The van der Waals surface area contributed by atoms with Crippen LogP contribution in [0.1, 0.15) is 21.6 Å². The van der Waals surface area contributed by atoms with E-state index in [4.69, 9.17) is 9.72 Å². The third kappa shape index (κ3) is 4.35. The van der Waals surface area contributed by atoms with Crippen molar-refractivity contribution in [2.45, 2.75) is 0 Å². The Labute approximate surface area is 196 Å². The van der Waals surface area contributed by atoms with E-state index < -0.39 is 0 Å². The molecule has 1 aliphatic heterocycles. The van der Waals surface area contributed by atoms with E-state index in [9.17, 15) is 9.90 Å². The smallest absolute Gasteiger partial charge is 0.254 e. The van der Waals surface area contributed by atoms with Gasteiger partial charge in [0.2, 0.25) is 0 Å². The van der Waals surface area contributed by atoms with Crippen molar-refractivity contribution < 1.29 is 14.6 Å². The number of H-pyrrole nitrogens is 1. The van der Waals surface area contributed by atoms with Gasteiger partial charge >= 0.3 is 0 Å². The molecule has 0 unspecified atom stereocenters. The van der Waals surface area contributed by atoms with Crippen LogP contribution in [0.2, 0.25) is 0 Å². The Morgan fingerprint density at radius 3 is 2.65 bits per heavy atom. The number of ether oxygens (including phenoxy) is 1. The second kappa shape index (κ2) is 9.36. The van der Waals surface area contributed by atoms with Gasteiger partial charge < -0.3 is 20.1 Å². The van der Waals surface area contributed by atoms with E-state index in [1.54, 1.807) is 31.4 Å². The fourth-order valence-electron chi connectivity index (χ4n) is 4.08. The first-order valence-electron chi connectivity index (χ1n) is 11.1. The van der Waals surface area contributed by atoms with Gasteiger partial charge in [0.1, 0.15) is 11.5 Å². The first-order valence-corrected chi connectivity index (χ1v) is 11.1. The van der Waals surface area contributed by atoms with E-state index >= 15 is 0 Å². The summed E-state index contributed by atoms with van der Waals surface area (Å²) >= 11 is 0. The zero-order chi connectivity index (χ0) is 23.5. The maximum absolute atomic E-state index is 13.6. The van der Waals surface area contributed by atoms with Crippen molar-refractivity contribution in [3.05, 3.63) is 71.4 Å². The lowest BCUT2D eigenvalue weighted by molar-refractivity contribution is 0.0737. The molecule has 1 amide bonds. The standard InChI is InChI=1S/C26H25N5O3/c1-34-20-4-2-3-17(15-20)5-10-22-24-21(26(33)31-13-11-27-12-14-31)16-23(28-25(24)30-29-22)18-6-8-19(32)9-7-18/h2-10,15-16,27,32H,11-14H2,1H3,(H,28,29,30). The lowest BCUT2D eigenvalue weighted by atomic mass is 10.0. The molecule has 1 saturated heterocycles. The summed E-state index contributed by atoms with van der Waals surface area (Å²) in [5, 5.41) is 21.1. The molecule has 0 saturated carbocycles. The number of aromatic hydroxyl groups is 1. The van der Waals surface area contributed by atoms with Gasteiger partial charge in [-0.05, 0) is 54.1 Å². The van der Waals surface area contributed by atoms with Gasteiger partial charge in [0.15, 0.2) is 5.65 Å². The average Bonchev–Trinajstić information content (AvgIpc) is 3.30. The van der Waals surface area contributed by atoms with E-state index in [0.29, 0.717) is 41.1 Å². The SMILES string of the molecule is COc1cccc(C=Cc2n[nH]c3nc(-c4ccc(O)cc4)cc(C(=O)N4CCNCC4)c23)c1. The van der Waals surface area contributed by atoms with Gasteiger partial charge in [-0.25, -0.2) is 4.98 Å². The number of amides is 1. The number of piperazine rings is 1. The van der Waals surface area contributed by atoms with Crippen LogP contribution in [0.15, 0.2) is 54.6 Å². The maximum atomic E-state index is 13.6. The summed E-state index contributed by atoms with van der Waals surface area (Å²) in [6.07, 6.45) is 3.81. The number of aromatic amines is 1. The van der Waals surface area contributed by atoms with Gasteiger partial charge in [0.05, 0.1) is 29.4 Å². The Balaban J connectivity index is 1.60. The number of carbonyl (C=O) groups excluding carboxylic acids is 1. The molecule has 2 aromatic heterocycles. The molecule has 34 heavy (non-hydrogen) atoms. The van der Waals surface area contributed by atoms with E-state index in [1.807, 2.05) is 47.4 Å². The molecule has 172 valence electrons. The van der Waals surface area contributed by atoms with Crippen molar-refractivity contribution in [2.75, 3.05) is 33.3 Å². The van der Waals surface area contributed by atoms with E-state index in [1.165, 1.54) is 0 Å². The number of rotatable bonds is 5. The number of phenols is 1. The normalized spacial score (nSPS) is 14.1. The van der Waals surface area contributed by atoms with Gasteiger partial charge in [-0.15, -0.1) is 0 Å². The molecule has 2 aromatic carbocycles. The lowest BCUT2D eigenvalue weighted by Gasteiger charge is -2.27. The molecule has 8 heteroatoms. The first kappa shape index (κ1) is 21.7. The minimum Gasteiger partial charge on any atom is -0.508 e. The van der Waals surface area contributed by atoms with Crippen LogP contribution in [0.5, 0.6) is 11.5 Å². The zero-order valence-electron chi connectivity index (χ0n) is 18.8. The van der Waals surface area contributed by atoms with Crippen molar-refractivity contribution >= 4 is 29.1 Å². The number of fused-ring (bicyclic) bond motifs is 1. The number of hydrogen-bond donors (Lipinski definition) is 3. The van der Waals surface area contributed by atoms with Crippen molar-refractivity contribution in [1.29, 1.82) is 0 Å². The van der Waals surface area contributed by atoms with Crippen molar-refractivity contribution in [3.63, 3.8) is 0 Å². The number of phenolic OH excluding ortho intramolecular Hbond substituents is 1. The second-order valence-electron chi connectivity index (χ2n) is 8.09. The van der Waals surface area contributed by atoms with Crippen LogP contribution in [-0.2, 0) is 0 Å². The topological polar surface area (TPSA) is 103 Å². The number of methoxy groups -OCH3 is 1. The number of carbonyl (C=O) groups is 1. The number of hydrogen-bond acceptors (Lipinski definition) is 6. The molecule has 1 aliphatic rings. The molecule has 4 aromatic rings. The second-order valence-corrected chi connectivity index (χ2v) is 8.09. The highest BCUT2D eigenvalue weighted by atomic mass is 16.5. The maximum Gasteiger partial charge on any atom is 0.254 e. The lowest BCUT2D eigenvalue weighted by Crippen LogP contribution is -2.46. The highest BCUT2D eigenvalue weighted by Gasteiger charge is 2.24. The predicted octanol–water partition coefficient (Wildman–Crippen LogP) is 3.55. The van der Waals surface area contributed by atoms with Gasteiger partial charge in [-0.3, -0.25) is 9.89 Å². The van der Waals surface area contributed by atoms with E-state index in [-0.39, 0.29) is 11.7 Å². The monoisotopic (exact) mass is 455 g/mol. The molecular formula is C26H25N5O3. The van der Waals surface area contributed by atoms with E-state index in [0.717, 1.165) is 30.0 Å². The molecule has 0 bridgehead atoms. The zero-order valence-corrected chi connectivity index (χ0v) is 18.8. The molecule has 3 heterocycles. The molecule has 0 spiro atoms. The quantitative estimate of drug-likeness (QED) is 0.425. The third-order valence-electron chi connectivity index (χ3n) is 5.88. The van der Waals surface area contributed by atoms with Gasteiger partial charge in [-0.2, -0.15) is 5.10 Å². The number of benzene rings is 2. The number of aromatic nitrogens is 3. The highest BCUT2D eigenvalue weighted by Crippen LogP contribution is 2.29. The van der Waals surface area contributed by atoms with Crippen LogP contribution in [0, 0.1) is 0 Å². The highest BCUT2D eigenvalue weighted by molar-refractivity contribution is 6.09. The molecule has 3 N–H and O–H groups in total. The minimum atomic E-state index is -0.0497. The fraction of sp³-hybridized carbons (Fsp3) is 0.192. The summed E-state index contributed by atoms with van der Waals surface area (Å²) in [6.45, 7) is 2.81. The van der Waals surface area contributed by atoms with Gasteiger partial charge in [0.25, 0.3) is 5.91 Å². The Hall–Kier alpha value is -4.17. The fourth-order valence-corrected chi connectivity index (χ4v) is 4.08. The molecule has 1 fully saturated rings. The van der Waals surface area contributed by atoms with Crippen LogP contribution < -0.4 is 10.1 Å². The molecular weight excluding hydrogens is 430 g/mol. The summed E-state index contributed by atoms with van der Waals surface area (Å²) in [7, 11) is 1.63. The van der Waals surface area contributed by atoms with Crippen molar-refractivity contribution in [2.24, 2.45) is 0 Å². The van der Waals surface area contributed by atoms with Gasteiger partial charge in [0, 0.05) is 31.7 Å². The molecule has 0 atom stereocenters. The van der Waals surface area contributed by atoms with Crippen molar-refractivity contribution in [3.8, 4) is 22.8 Å². The van der Waals surface area contributed by atoms with Crippen LogP contribution in [0.4, 0.5) is 0 Å². The summed E-state index contributed by atoms with van der Waals surface area (Å²) in [4.78, 5) is 20.2. The molecule has 0 radical (unpaired) electrons. The number of nitrogens with one attached hydrogen (secondary N) is 2. The minimum absolute atomic E-state index is 0.0497. The molecule has 5 rings (SSSR count). The Morgan fingerprint density at radius 2 is 1.88 bits per heavy atom. The van der Waals surface area contributed by atoms with Crippen LogP contribution in [0.3, 0.4) is 0 Å². The predicted molar refractivity (Wildman–Crippen MR) is 132 cm³/mol. The summed E-state index contributed by atoms with van der Waals surface area (Å²) in [5.41, 5.74) is 4.12. The molecule has 8 nitrogen and oxygen atoms in total. The number of nitrogens with zero attached hydrogens (tertiary/aromatic N) is 3.